The van der Waals surface area contributed by atoms with Crippen molar-refractivity contribution < 1.29 is 17.6 Å². The van der Waals surface area contributed by atoms with Crippen molar-refractivity contribution in [3.05, 3.63) is 59.0 Å². The van der Waals surface area contributed by atoms with Crippen molar-refractivity contribution in [1.29, 1.82) is 0 Å². The van der Waals surface area contributed by atoms with Crippen LogP contribution in [-0.2, 0) is 0 Å². The summed E-state index contributed by atoms with van der Waals surface area (Å²) in [6.45, 7) is 3.80. The second kappa shape index (κ2) is 9.94. The van der Waals surface area contributed by atoms with E-state index in [0.717, 1.165) is 30.3 Å². The van der Waals surface area contributed by atoms with Crippen LogP contribution in [0.2, 0.25) is 0 Å². The fraction of sp³-hybridized carbons (Fsp3) is 0.545. The van der Waals surface area contributed by atoms with E-state index in [4.69, 9.17) is 0 Å². The van der Waals surface area contributed by atoms with Gasteiger partial charge in [-0.2, -0.15) is 0 Å². The van der Waals surface area contributed by atoms with Gasteiger partial charge >= 0.3 is 0 Å². The van der Waals surface area contributed by atoms with Crippen molar-refractivity contribution in [3.63, 3.8) is 0 Å². The molecule has 0 aromatic rings. The Kier molecular flexibility index (Phi) is 7.92. The maximum atomic E-state index is 14.1. The SMILES string of the molecule is C=C(F)C1=CC=C(C2=CC=C(C3CCC(C)CC3)CC2)CC1F.FCF. The molecule has 0 aromatic carbocycles. The second-order valence-electron chi connectivity index (χ2n) is 7.38. The summed E-state index contributed by atoms with van der Waals surface area (Å²) in [5.74, 6) is 0.973. The van der Waals surface area contributed by atoms with Crippen LogP contribution in [0, 0.1) is 11.8 Å². The van der Waals surface area contributed by atoms with E-state index >= 15 is 0 Å². The number of hydrogen-bond acceptors (Lipinski definition) is 0. The van der Waals surface area contributed by atoms with E-state index in [9.17, 15) is 17.6 Å². The summed E-state index contributed by atoms with van der Waals surface area (Å²) in [5.41, 5.74) is 3.88. The van der Waals surface area contributed by atoms with E-state index < -0.39 is 18.9 Å². The van der Waals surface area contributed by atoms with Gasteiger partial charge < -0.3 is 0 Å². The highest BCUT2D eigenvalue weighted by atomic mass is 19.3. The van der Waals surface area contributed by atoms with E-state index in [2.05, 4.69) is 25.7 Å². The summed E-state index contributed by atoms with van der Waals surface area (Å²) in [6.07, 6.45) is 14.2. The third-order valence-corrected chi connectivity index (χ3v) is 5.65. The molecule has 0 saturated heterocycles. The molecule has 0 aliphatic heterocycles. The lowest BCUT2D eigenvalue weighted by Gasteiger charge is -2.30. The van der Waals surface area contributed by atoms with Crippen LogP contribution in [0.5, 0.6) is 0 Å². The zero-order chi connectivity index (χ0) is 19.1. The second-order valence-corrected chi connectivity index (χ2v) is 7.38. The highest BCUT2D eigenvalue weighted by Crippen LogP contribution is 2.39. The Balaban J connectivity index is 0.000000758. The molecule has 144 valence electrons. The van der Waals surface area contributed by atoms with Crippen LogP contribution in [0.1, 0.15) is 51.9 Å². The monoisotopic (exact) mass is 368 g/mol. The first-order chi connectivity index (χ1) is 12.5. The van der Waals surface area contributed by atoms with Crippen LogP contribution in [-0.4, -0.2) is 13.1 Å². The van der Waals surface area contributed by atoms with Gasteiger partial charge in [0.15, 0.2) is 0 Å². The van der Waals surface area contributed by atoms with E-state index in [0.29, 0.717) is 0 Å². The molecule has 0 nitrogen and oxygen atoms in total. The van der Waals surface area contributed by atoms with Crippen LogP contribution in [0.25, 0.3) is 0 Å². The Morgan fingerprint density at radius 1 is 1.00 bits per heavy atom. The third-order valence-electron chi connectivity index (χ3n) is 5.65. The lowest BCUT2D eigenvalue weighted by Crippen LogP contribution is -2.16. The maximum Gasteiger partial charge on any atom is 0.229 e. The number of hydrogen-bond donors (Lipinski definition) is 0. The van der Waals surface area contributed by atoms with Crippen molar-refractivity contribution in [2.24, 2.45) is 11.8 Å². The number of rotatable bonds is 3. The summed E-state index contributed by atoms with van der Waals surface area (Å²) in [6, 6.07) is 0. The zero-order valence-electron chi connectivity index (χ0n) is 15.4. The van der Waals surface area contributed by atoms with Gasteiger partial charge in [0.05, 0.1) is 0 Å². The molecule has 3 aliphatic carbocycles. The fourth-order valence-electron chi connectivity index (χ4n) is 4.06. The summed E-state index contributed by atoms with van der Waals surface area (Å²) in [4.78, 5) is 0. The Morgan fingerprint density at radius 2 is 1.62 bits per heavy atom. The Morgan fingerprint density at radius 3 is 2.12 bits per heavy atom. The third kappa shape index (κ3) is 5.46. The van der Waals surface area contributed by atoms with Gasteiger partial charge in [0.2, 0.25) is 6.93 Å². The molecule has 0 radical (unpaired) electrons. The van der Waals surface area contributed by atoms with E-state index in [-0.39, 0.29) is 12.0 Å². The minimum Gasteiger partial charge on any atom is -0.242 e. The average molecular weight is 368 g/mol. The smallest absolute Gasteiger partial charge is 0.229 e. The van der Waals surface area contributed by atoms with Crippen LogP contribution in [0.4, 0.5) is 17.6 Å². The van der Waals surface area contributed by atoms with Crippen LogP contribution < -0.4 is 0 Å². The summed E-state index contributed by atoms with van der Waals surface area (Å²) < 4.78 is 46.4. The lowest BCUT2D eigenvalue weighted by molar-refractivity contribution is 0.295. The molecule has 26 heavy (non-hydrogen) atoms. The van der Waals surface area contributed by atoms with Crippen LogP contribution in [0.15, 0.2) is 59.0 Å². The lowest BCUT2D eigenvalue weighted by atomic mass is 9.75. The molecular formula is C22H28F4. The van der Waals surface area contributed by atoms with Crippen molar-refractivity contribution in [3.8, 4) is 0 Å². The molecular weight excluding hydrogens is 340 g/mol. The highest BCUT2D eigenvalue weighted by molar-refractivity contribution is 5.46. The number of halogens is 4. The molecule has 1 atom stereocenters. The highest BCUT2D eigenvalue weighted by Gasteiger charge is 2.25. The number of allylic oxidation sites excluding steroid dienone is 9. The molecule has 0 aromatic heterocycles. The molecule has 0 N–H and O–H groups in total. The normalized spacial score (nSPS) is 28.7. The quantitative estimate of drug-likeness (QED) is 0.455. The first-order valence-electron chi connectivity index (χ1n) is 9.37. The summed E-state index contributed by atoms with van der Waals surface area (Å²) in [5, 5.41) is 0. The van der Waals surface area contributed by atoms with Crippen molar-refractivity contribution >= 4 is 0 Å². The predicted octanol–water partition coefficient (Wildman–Crippen LogP) is 7.42. The van der Waals surface area contributed by atoms with E-state index in [1.807, 2.05) is 6.08 Å². The average Bonchev–Trinajstić information content (AvgIpc) is 2.63. The molecule has 1 saturated carbocycles. The van der Waals surface area contributed by atoms with Gasteiger partial charge in [-0.3, -0.25) is 0 Å². The molecule has 4 heteroatoms. The molecule has 0 heterocycles. The van der Waals surface area contributed by atoms with Crippen molar-refractivity contribution in [1.82, 2.24) is 0 Å². The zero-order valence-corrected chi connectivity index (χ0v) is 15.4. The van der Waals surface area contributed by atoms with Crippen LogP contribution in [0.3, 0.4) is 0 Å². The molecule has 0 amide bonds. The molecule has 3 aliphatic rings. The Bertz CT molecular complexity index is 616. The van der Waals surface area contributed by atoms with Gasteiger partial charge in [-0.25, -0.2) is 17.6 Å². The van der Waals surface area contributed by atoms with Gasteiger partial charge in [-0.05, 0) is 48.7 Å². The minimum absolute atomic E-state index is 0.0951. The summed E-state index contributed by atoms with van der Waals surface area (Å²) >= 11 is 0. The molecule has 3 rings (SSSR count). The predicted molar refractivity (Wildman–Crippen MR) is 99.5 cm³/mol. The molecule has 1 fully saturated rings. The Labute approximate surface area is 154 Å². The molecule has 1 unspecified atom stereocenters. The maximum absolute atomic E-state index is 14.1. The van der Waals surface area contributed by atoms with Crippen LogP contribution >= 0.6 is 0 Å². The molecule has 0 spiro atoms. The van der Waals surface area contributed by atoms with E-state index in [1.54, 1.807) is 11.6 Å². The fourth-order valence-corrected chi connectivity index (χ4v) is 4.06. The minimum atomic E-state index is -1.75. The van der Waals surface area contributed by atoms with Crippen molar-refractivity contribution in [2.75, 3.05) is 6.93 Å². The Hall–Kier alpha value is -1.58. The molecule has 0 bridgehead atoms. The van der Waals surface area contributed by atoms with Gasteiger partial charge in [-0.1, -0.05) is 56.2 Å². The summed E-state index contributed by atoms with van der Waals surface area (Å²) in [7, 11) is 0. The first-order valence-corrected chi connectivity index (χ1v) is 9.37. The van der Waals surface area contributed by atoms with Gasteiger partial charge in [-0.15, -0.1) is 0 Å². The topological polar surface area (TPSA) is 0 Å². The largest absolute Gasteiger partial charge is 0.242 e. The van der Waals surface area contributed by atoms with Crippen molar-refractivity contribution in [2.45, 2.75) is 58.0 Å². The standard InChI is InChI=1S/C21H26F2.CH2F2/c1-14-3-5-16(6-4-14)17-7-9-18(10-8-17)19-11-12-20(15(2)22)21(23)13-19;2-1-3/h7,9,11-12,14,16,21H,2-6,8,10,13H2,1H3;1H2. The first kappa shape index (κ1) is 20.7. The van der Waals surface area contributed by atoms with E-state index in [1.165, 1.54) is 31.3 Å². The van der Waals surface area contributed by atoms with Gasteiger partial charge in [0, 0.05) is 12.0 Å². The van der Waals surface area contributed by atoms with Gasteiger partial charge in [0.1, 0.15) is 12.0 Å². The number of alkyl halides is 3. The van der Waals surface area contributed by atoms with Gasteiger partial charge in [0.25, 0.3) is 0 Å².